The molecule has 0 aliphatic carbocycles. The molecular weight excluding hydrogens is 210 g/mol. The van der Waals surface area contributed by atoms with Crippen molar-refractivity contribution >= 4 is 22.5 Å². The van der Waals surface area contributed by atoms with Crippen LogP contribution in [0.5, 0.6) is 0 Å². The smallest absolute Gasteiger partial charge is 0.115 e. The molecular formula is C12H14ClNO. The van der Waals surface area contributed by atoms with Crippen molar-refractivity contribution in [2.75, 3.05) is 0 Å². The van der Waals surface area contributed by atoms with Gasteiger partial charge in [0.1, 0.15) is 5.15 Å². The van der Waals surface area contributed by atoms with Gasteiger partial charge >= 0.3 is 0 Å². The number of hydrogen-bond acceptors (Lipinski definition) is 1. The predicted molar refractivity (Wildman–Crippen MR) is 63.2 cm³/mol. The van der Waals surface area contributed by atoms with Crippen LogP contribution in [0.4, 0.5) is 0 Å². The summed E-state index contributed by atoms with van der Waals surface area (Å²) in [6, 6.07) is 6.11. The number of aliphatic hydroxyl groups is 1. The van der Waals surface area contributed by atoms with Crippen LogP contribution in [-0.4, -0.2) is 9.67 Å². The maximum atomic E-state index is 9.30. The van der Waals surface area contributed by atoms with Crippen molar-refractivity contribution in [2.24, 2.45) is 7.05 Å². The van der Waals surface area contributed by atoms with Crippen molar-refractivity contribution in [3.63, 3.8) is 0 Å². The van der Waals surface area contributed by atoms with Crippen molar-refractivity contribution < 1.29 is 5.11 Å². The fourth-order valence-corrected chi connectivity index (χ4v) is 2.32. The summed E-state index contributed by atoms with van der Waals surface area (Å²) in [6.07, 6.45) is 0.969. The Kier molecular flexibility index (Phi) is 2.72. The molecule has 2 rings (SSSR count). The third kappa shape index (κ3) is 1.45. The fraction of sp³-hybridized carbons (Fsp3) is 0.333. The van der Waals surface area contributed by atoms with Crippen molar-refractivity contribution in [1.82, 2.24) is 4.57 Å². The molecule has 3 heteroatoms. The maximum absolute atomic E-state index is 9.30. The quantitative estimate of drug-likeness (QED) is 0.832. The number of halogens is 1. The number of nitrogens with zero attached hydrogens (tertiary/aromatic N) is 1. The molecule has 0 unspecified atom stereocenters. The number of fused-ring (bicyclic) bond motifs is 1. The molecule has 0 saturated carbocycles. The zero-order chi connectivity index (χ0) is 11.0. The van der Waals surface area contributed by atoms with Gasteiger partial charge in [-0.05, 0) is 12.0 Å². The molecule has 15 heavy (non-hydrogen) atoms. The summed E-state index contributed by atoms with van der Waals surface area (Å²) in [4.78, 5) is 0. The molecule has 1 aromatic carbocycles. The van der Waals surface area contributed by atoms with Crippen LogP contribution in [-0.2, 0) is 20.1 Å². The Morgan fingerprint density at radius 1 is 1.40 bits per heavy atom. The molecule has 80 valence electrons. The lowest BCUT2D eigenvalue weighted by Gasteiger charge is -2.03. The van der Waals surface area contributed by atoms with Crippen LogP contribution >= 0.6 is 11.6 Å². The number of aryl methyl sites for hydroxylation is 2. The van der Waals surface area contributed by atoms with Gasteiger partial charge in [0, 0.05) is 18.0 Å². The van der Waals surface area contributed by atoms with E-state index in [2.05, 4.69) is 13.0 Å². The number of rotatable bonds is 2. The Morgan fingerprint density at radius 3 is 2.73 bits per heavy atom. The SMILES string of the molecule is CCc1cccc2c(CO)c(Cl)n(C)c12. The molecule has 0 bridgehead atoms. The van der Waals surface area contributed by atoms with E-state index in [9.17, 15) is 5.11 Å². The molecule has 0 radical (unpaired) electrons. The average molecular weight is 224 g/mol. The Balaban J connectivity index is 2.89. The number of benzene rings is 1. The van der Waals surface area contributed by atoms with Gasteiger partial charge < -0.3 is 9.67 Å². The molecule has 1 heterocycles. The first-order valence-corrected chi connectivity index (χ1v) is 5.44. The Morgan fingerprint density at radius 2 is 2.13 bits per heavy atom. The summed E-state index contributed by atoms with van der Waals surface area (Å²) < 4.78 is 1.95. The molecule has 0 aliphatic rings. The highest BCUT2D eigenvalue weighted by molar-refractivity contribution is 6.32. The summed E-state index contributed by atoms with van der Waals surface area (Å²) in [5.41, 5.74) is 3.22. The van der Waals surface area contributed by atoms with E-state index in [1.165, 1.54) is 5.56 Å². The highest BCUT2D eigenvalue weighted by Gasteiger charge is 2.14. The number of para-hydroxylation sites is 1. The largest absolute Gasteiger partial charge is 0.392 e. The predicted octanol–water partition coefficient (Wildman–Crippen LogP) is 2.89. The van der Waals surface area contributed by atoms with Crippen LogP contribution in [0.1, 0.15) is 18.1 Å². The molecule has 2 nitrogen and oxygen atoms in total. The standard InChI is InChI=1S/C12H14ClNO/c1-3-8-5-4-6-9-10(7-15)12(13)14(2)11(8)9/h4-6,15H,3,7H2,1-2H3. The highest BCUT2D eigenvalue weighted by atomic mass is 35.5. The van der Waals surface area contributed by atoms with E-state index in [0.29, 0.717) is 5.15 Å². The Bertz CT molecular complexity index is 502. The molecule has 2 aromatic rings. The Labute approximate surface area is 94.1 Å². The van der Waals surface area contributed by atoms with E-state index in [4.69, 9.17) is 11.6 Å². The van der Waals surface area contributed by atoms with Crippen LogP contribution in [0.2, 0.25) is 5.15 Å². The lowest BCUT2D eigenvalue weighted by atomic mass is 10.1. The molecule has 0 aliphatic heterocycles. The van der Waals surface area contributed by atoms with Gasteiger partial charge in [-0.1, -0.05) is 36.7 Å². The minimum absolute atomic E-state index is 0.0106. The van der Waals surface area contributed by atoms with Crippen LogP contribution in [0.3, 0.4) is 0 Å². The average Bonchev–Trinajstić information content (AvgIpc) is 2.51. The van der Waals surface area contributed by atoms with Crippen LogP contribution in [0, 0.1) is 0 Å². The molecule has 1 N–H and O–H groups in total. The second-order valence-electron chi connectivity index (χ2n) is 3.65. The van der Waals surface area contributed by atoms with Crippen molar-refractivity contribution in [3.8, 4) is 0 Å². The second-order valence-corrected chi connectivity index (χ2v) is 4.01. The van der Waals surface area contributed by atoms with E-state index >= 15 is 0 Å². The minimum atomic E-state index is -0.0106. The van der Waals surface area contributed by atoms with E-state index in [1.54, 1.807) is 0 Å². The van der Waals surface area contributed by atoms with Gasteiger partial charge in [0.15, 0.2) is 0 Å². The third-order valence-corrected chi connectivity index (χ3v) is 3.34. The number of aromatic nitrogens is 1. The van der Waals surface area contributed by atoms with Gasteiger partial charge in [0.05, 0.1) is 12.1 Å². The lowest BCUT2D eigenvalue weighted by Crippen LogP contribution is -1.91. The van der Waals surface area contributed by atoms with Gasteiger partial charge in [0.2, 0.25) is 0 Å². The summed E-state index contributed by atoms with van der Waals surface area (Å²) in [5.74, 6) is 0. The van der Waals surface area contributed by atoms with Gasteiger partial charge in [0.25, 0.3) is 0 Å². The lowest BCUT2D eigenvalue weighted by molar-refractivity contribution is 0.283. The zero-order valence-electron chi connectivity index (χ0n) is 8.92. The maximum Gasteiger partial charge on any atom is 0.115 e. The van der Waals surface area contributed by atoms with E-state index in [1.807, 2.05) is 23.7 Å². The Hall–Kier alpha value is -0.990. The van der Waals surface area contributed by atoms with E-state index in [-0.39, 0.29) is 6.61 Å². The monoisotopic (exact) mass is 223 g/mol. The molecule has 0 saturated heterocycles. The highest BCUT2D eigenvalue weighted by Crippen LogP contribution is 2.31. The van der Waals surface area contributed by atoms with Crippen LogP contribution < -0.4 is 0 Å². The first-order valence-electron chi connectivity index (χ1n) is 5.06. The first kappa shape index (κ1) is 10.5. The first-order chi connectivity index (χ1) is 7.20. The summed E-state index contributed by atoms with van der Waals surface area (Å²) in [5, 5.41) is 11.0. The topological polar surface area (TPSA) is 25.2 Å². The van der Waals surface area contributed by atoms with Crippen LogP contribution in [0.15, 0.2) is 18.2 Å². The molecule has 0 fully saturated rings. The molecule has 0 spiro atoms. The van der Waals surface area contributed by atoms with Gasteiger partial charge in [-0.15, -0.1) is 0 Å². The molecule has 1 aromatic heterocycles. The van der Waals surface area contributed by atoms with E-state index in [0.717, 1.165) is 22.9 Å². The second kappa shape index (κ2) is 3.87. The van der Waals surface area contributed by atoms with Crippen molar-refractivity contribution in [1.29, 1.82) is 0 Å². The minimum Gasteiger partial charge on any atom is -0.392 e. The molecule has 0 atom stereocenters. The van der Waals surface area contributed by atoms with Gasteiger partial charge in [-0.2, -0.15) is 0 Å². The zero-order valence-corrected chi connectivity index (χ0v) is 9.67. The van der Waals surface area contributed by atoms with Crippen LogP contribution in [0.25, 0.3) is 10.9 Å². The van der Waals surface area contributed by atoms with E-state index < -0.39 is 0 Å². The van der Waals surface area contributed by atoms with Gasteiger partial charge in [-0.3, -0.25) is 0 Å². The number of hydrogen-bond donors (Lipinski definition) is 1. The molecule has 0 amide bonds. The van der Waals surface area contributed by atoms with Crippen molar-refractivity contribution in [2.45, 2.75) is 20.0 Å². The summed E-state index contributed by atoms with van der Waals surface area (Å²) >= 11 is 6.17. The summed E-state index contributed by atoms with van der Waals surface area (Å²) in [7, 11) is 1.93. The van der Waals surface area contributed by atoms with Crippen molar-refractivity contribution in [3.05, 3.63) is 34.5 Å². The fourth-order valence-electron chi connectivity index (χ4n) is 2.08. The van der Waals surface area contributed by atoms with Gasteiger partial charge in [-0.25, -0.2) is 0 Å². The normalized spacial score (nSPS) is 11.2. The third-order valence-electron chi connectivity index (χ3n) is 2.86. The summed E-state index contributed by atoms with van der Waals surface area (Å²) in [6.45, 7) is 2.11. The number of aliphatic hydroxyl groups excluding tert-OH is 1.